The predicted octanol–water partition coefficient (Wildman–Crippen LogP) is 2.34. The molecule has 0 saturated carbocycles. The Morgan fingerprint density at radius 3 is 2.58 bits per heavy atom. The van der Waals surface area contributed by atoms with Gasteiger partial charge in [0.2, 0.25) is 23.6 Å². The van der Waals surface area contributed by atoms with Crippen molar-refractivity contribution >= 4 is 29.7 Å². The molecule has 6 atom stereocenters. The van der Waals surface area contributed by atoms with Gasteiger partial charge >= 0.3 is 0 Å². The maximum absolute atomic E-state index is 14.3. The van der Waals surface area contributed by atoms with Gasteiger partial charge in [0.15, 0.2) is 0 Å². The van der Waals surface area contributed by atoms with Gasteiger partial charge in [-0.1, -0.05) is 34.1 Å². The highest BCUT2D eigenvalue weighted by Gasteiger charge is 2.49. The van der Waals surface area contributed by atoms with Crippen LogP contribution in [0.4, 0.5) is 0 Å². The second kappa shape index (κ2) is 13.8. The van der Waals surface area contributed by atoms with Crippen LogP contribution in [0, 0.1) is 11.8 Å². The molecular formula is C32H47N5O6. The SMILES string of the molecule is CCC(C)C(C(=O)NC(CC(C)C)C(=O)N1CCC2Oc3ccc(O)c(c3)C=CNC(=O)C3CCCN3C(=O)C21)N(C)C. The van der Waals surface area contributed by atoms with Crippen LogP contribution in [0.2, 0.25) is 0 Å². The van der Waals surface area contributed by atoms with Crippen molar-refractivity contribution in [3.63, 3.8) is 0 Å². The van der Waals surface area contributed by atoms with Crippen LogP contribution in [0.25, 0.3) is 6.08 Å². The lowest BCUT2D eigenvalue weighted by atomic mass is 9.96. The Bertz CT molecular complexity index is 1230. The first-order valence-electron chi connectivity index (χ1n) is 15.5. The zero-order valence-corrected chi connectivity index (χ0v) is 26.2. The molecule has 0 aliphatic carbocycles. The number of ether oxygens (including phenoxy) is 1. The summed E-state index contributed by atoms with van der Waals surface area (Å²) in [5.74, 6) is -0.562. The quantitative estimate of drug-likeness (QED) is 0.419. The van der Waals surface area contributed by atoms with Crippen molar-refractivity contribution in [2.24, 2.45) is 11.8 Å². The Morgan fingerprint density at radius 1 is 1.16 bits per heavy atom. The van der Waals surface area contributed by atoms with Crippen LogP contribution in [-0.4, -0.2) is 101 Å². The minimum atomic E-state index is -0.974. The maximum Gasteiger partial charge on any atom is 0.249 e. The molecule has 0 spiro atoms. The number of carbonyl (C=O) groups is 4. The van der Waals surface area contributed by atoms with Gasteiger partial charge in [-0.25, -0.2) is 0 Å². The average molecular weight is 598 g/mol. The molecule has 3 N–H and O–H groups in total. The van der Waals surface area contributed by atoms with Crippen molar-refractivity contribution < 1.29 is 29.0 Å². The maximum atomic E-state index is 14.3. The van der Waals surface area contributed by atoms with Crippen LogP contribution in [0.15, 0.2) is 24.4 Å². The Morgan fingerprint density at radius 2 is 1.91 bits per heavy atom. The number of fused-ring (bicyclic) bond motifs is 4. The summed E-state index contributed by atoms with van der Waals surface area (Å²) in [6.45, 7) is 8.70. The van der Waals surface area contributed by atoms with Crippen LogP contribution in [-0.2, 0) is 19.2 Å². The number of nitrogens with zero attached hydrogens (tertiary/aromatic N) is 3. The van der Waals surface area contributed by atoms with E-state index in [1.165, 1.54) is 12.3 Å². The molecular weight excluding hydrogens is 550 g/mol. The first-order chi connectivity index (χ1) is 20.4. The number of benzene rings is 1. The fourth-order valence-corrected chi connectivity index (χ4v) is 6.50. The predicted molar refractivity (Wildman–Crippen MR) is 163 cm³/mol. The first kappa shape index (κ1) is 32.3. The van der Waals surface area contributed by atoms with Gasteiger partial charge in [0.05, 0.1) is 6.04 Å². The van der Waals surface area contributed by atoms with Gasteiger partial charge in [-0.3, -0.25) is 24.1 Å². The van der Waals surface area contributed by atoms with Crippen molar-refractivity contribution in [3.8, 4) is 11.5 Å². The third kappa shape index (κ3) is 7.14. The number of likely N-dealkylation sites (tertiary alicyclic amines) is 1. The molecule has 6 unspecified atom stereocenters. The van der Waals surface area contributed by atoms with E-state index < -0.39 is 30.3 Å². The van der Waals surface area contributed by atoms with Crippen LogP contribution in [0.3, 0.4) is 0 Å². The monoisotopic (exact) mass is 597 g/mol. The van der Waals surface area contributed by atoms with E-state index in [1.54, 1.807) is 28.0 Å². The Labute approximate surface area is 254 Å². The second-order valence-electron chi connectivity index (χ2n) is 12.7. The number of hydrogen-bond donors (Lipinski definition) is 3. The average Bonchev–Trinajstić information content (AvgIpc) is 3.60. The molecule has 4 rings (SSSR count). The highest BCUT2D eigenvalue weighted by atomic mass is 16.5. The molecule has 0 aromatic heterocycles. The summed E-state index contributed by atoms with van der Waals surface area (Å²) in [6, 6.07) is 1.87. The lowest BCUT2D eigenvalue weighted by Gasteiger charge is -2.36. The highest BCUT2D eigenvalue weighted by Crippen LogP contribution is 2.32. The molecule has 1 aromatic carbocycles. The lowest BCUT2D eigenvalue weighted by Crippen LogP contribution is -2.60. The van der Waals surface area contributed by atoms with Crippen molar-refractivity contribution in [1.82, 2.24) is 25.3 Å². The molecule has 11 heteroatoms. The number of rotatable bonds is 8. The molecule has 1 aromatic rings. The Hall–Kier alpha value is -3.60. The van der Waals surface area contributed by atoms with Crippen molar-refractivity contribution in [3.05, 3.63) is 30.0 Å². The number of aromatic hydroxyl groups is 1. The normalized spacial score (nSPS) is 24.2. The summed E-state index contributed by atoms with van der Waals surface area (Å²) in [6.07, 6.45) is 5.14. The van der Waals surface area contributed by atoms with E-state index in [4.69, 9.17) is 4.74 Å². The van der Waals surface area contributed by atoms with Crippen LogP contribution in [0.1, 0.15) is 65.4 Å². The summed E-state index contributed by atoms with van der Waals surface area (Å²) >= 11 is 0. The van der Waals surface area contributed by atoms with E-state index in [2.05, 4.69) is 10.6 Å². The zero-order chi connectivity index (χ0) is 31.4. The summed E-state index contributed by atoms with van der Waals surface area (Å²) in [4.78, 5) is 60.2. The summed E-state index contributed by atoms with van der Waals surface area (Å²) in [5, 5.41) is 16.1. The smallest absolute Gasteiger partial charge is 0.249 e. The van der Waals surface area contributed by atoms with Gasteiger partial charge in [0, 0.05) is 31.3 Å². The standard InChI is InChI=1S/C32H47N5O6/c1-7-20(4)27(35(5)6)30(40)34-23(17-19(2)3)31(41)37-16-13-26-28(37)32(42)36-15-8-9-24(36)29(39)33-14-12-21-18-22(43-26)10-11-25(21)38/h10-12,14,18-20,23-24,26-28,38H,7-9,13,15-17H2,1-6H3,(H,33,39)(H,34,40). The van der Waals surface area contributed by atoms with Crippen molar-refractivity contribution in [1.29, 1.82) is 0 Å². The topological polar surface area (TPSA) is 132 Å². The van der Waals surface area contributed by atoms with Gasteiger partial charge in [-0.15, -0.1) is 0 Å². The third-order valence-corrected chi connectivity index (χ3v) is 8.82. The summed E-state index contributed by atoms with van der Waals surface area (Å²) in [5.41, 5.74) is 0.450. The summed E-state index contributed by atoms with van der Waals surface area (Å²) < 4.78 is 6.35. The van der Waals surface area contributed by atoms with Gasteiger partial charge < -0.3 is 30.3 Å². The minimum absolute atomic E-state index is 0.0201. The number of amides is 4. The number of nitrogens with one attached hydrogen (secondary N) is 2. The number of carbonyl (C=O) groups excluding carboxylic acids is 4. The minimum Gasteiger partial charge on any atom is -0.507 e. The van der Waals surface area contributed by atoms with Crippen LogP contribution >= 0.6 is 0 Å². The zero-order valence-electron chi connectivity index (χ0n) is 26.2. The molecule has 43 heavy (non-hydrogen) atoms. The van der Waals surface area contributed by atoms with E-state index in [0.717, 1.165) is 6.42 Å². The van der Waals surface area contributed by atoms with Crippen molar-refractivity contribution in [2.75, 3.05) is 27.2 Å². The van der Waals surface area contributed by atoms with Gasteiger partial charge in [-0.05, 0) is 69.5 Å². The van der Waals surface area contributed by atoms with Crippen LogP contribution in [0.5, 0.6) is 11.5 Å². The second-order valence-corrected chi connectivity index (χ2v) is 12.7. The molecule has 236 valence electrons. The molecule has 3 aliphatic heterocycles. The van der Waals surface area contributed by atoms with Gasteiger partial charge in [-0.2, -0.15) is 0 Å². The molecule has 4 amide bonds. The fourth-order valence-electron chi connectivity index (χ4n) is 6.50. The van der Waals surface area contributed by atoms with Crippen LogP contribution < -0.4 is 15.4 Å². The van der Waals surface area contributed by atoms with E-state index in [1.807, 2.05) is 46.7 Å². The number of phenols is 1. The lowest BCUT2D eigenvalue weighted by molar-refractivity contribution is -0.150. The molecule has 3 aliphatic rings. The fraction of sp³-hybridized carbons (Fsp3) is 0.625. The van der Waals surface area contributed by atoms with Gasteiger partial charge in [0.1, 0.15) is 35.7 Å². The Kier molecular flexibility index (Phi) is 10.4. The molecule has 2 bridgehead atoms. The van der Waals surface area contributed by atoms with Crippen molar-refractivity contribution in [2.45, 2.75) is 90.1 Å². The third-order valence-electron chi connectivity index (χ3n) is 8.82. The van der Waals surface area contributed by atoms with E-state index in [0.29, 0.717) is 43.5 Å². The highest BCUT2D eigenvalue weighted by molar-refractivity contribution is 5.96. The molecule has 2 fully saturated rings. The van der Waals surface area contributed by atoms with E-state index >= 15 is 0 Å². The first-order valence-corrected chi connectivity index (χ1v) is 15.5. The number of likely N-dealkylation sites (N-methyl/N-ethyl adjacent to an activating group) is 1. The molecule has 3 heterocycles. The largest absolute Gasteiger partial charge is 0.507 e. The van der Waals surface area contributed by atoms with E-state index in [-0.39, 0.29) is 47.8 Å². The van der Waals surface area contributed by atoms with E-state index in [9.17, 15) is 24.3 Å². The Balaban J connectivity index is 1.69. The molecule has 0 radical (unpaired) electrons. The van der Waals surface area contributed by atoms with Gasteiger partial charge in [0.25, 0.3) is 0 Å². The molecule has 11 nitrogen and oxygen atoms in total. The summed E-state index contributed by atoms with van der Waals surface area (Å²) in [7, 11) is 3.72. The molecule has 2 saturated heterocycles. The number of phenolic OH excluding ortho intramolecular Hbond substituents is 1. The number of hydrogen-bond acceptors (Lipinski definition) is 7.